The quantitative estimate of drug-likeness (QED) is 0.809. The minimum Gasteiger partial charge on any atom is -0.397 e. The molecular formula is C13H23N3O2. The Morgan fingerprint density at radius 3 is 2.78 bits per heavy atom. The van der Waals surface area contributed by atoms with Crippen LogP contribution in [0.1, 0.15) is 37.7 Å². The van der Waals surface area contributed by atoms with Crippen molar-refractivity contribution < 1.29 is 9.53 Å². The van der Waals surface area contributed by atoms with Crippen LogP contribution in [-0.4, -0.2) is 29.7 Å². The Labute approximate surface area is 108 Å². The van der Waals surface area contributed by atoms with Crippen LogP contribution < -0.4 is 11.1 Å². The zero-order valence-electron chi connectivity index (χ0n) is 11.6. The molecule has 1 amide bonds. The number of nitrogens with one attached hydrogen (secondary N) is 1. The van der Waals surface area contributed by atoms with E-state index in [4.69, 9.17) is 10.5 Å². The number of ether oxygens (including phenoxy) is 1. The van der Waals surface area contributed by atoms with Crippen LogP contribution in [0.2, 0.25) is 0 Å². The van der Waals surface area contributed by atoms with E-state index in [-0.39, 0.29) is 11.5 Å². The number of methoxy groups -OCH3 is 1. The van der Waals surface area contributed by atoms with Crippen molar-refractivity contribution in [3.8, 4) is 0 Å². The standard InChI is InChI=1S/C13H23N3O2/c1-5-6-16-8-10(14)7-11(16)12(17)15-9-13(2,3)18-4/h7-8H,5-6,9,14H2,1-4H3,(H,15,17). The maximum atomic E-state index is 12.1. The van der Waals surface area contributed by atoms with Gasteiger partial charge in [0.1, 0.15) is 5.69 Å². The van der Waals surface area contributed by atoms with Crippen molar-refractivity contribution in [3.05, 3.63) is 18.0 Å². The molecule has 0 aliphatic heterocycles. The lowest BCUT2D eigenvalue weighted by Crippen LogP contribution is -2.40. The van der Waals surface area contributed by atoms with Gasteiger partial charge in [0.25, 0.3) is 5.91 Å². The van der Waals surface area contributed by atoms with Crippen molar-refractivity contribution in [1.29, 1.82) is 0 Å². The molecule has 18 heavy (non-hydrogen) atoms. The monoisotopic (exact) mass is 253 g/mol. The molecule has 1 aromatic rings. The SMILES string of the molecule is CCCn1cc(N)cc1C(=O)NCC(C)(C)OC. The maximum absolute atomic E-state index is 12.1. The van der Waals surface area contributed by atoms with Crippen molar-refractivity contribution in [2.45, 2.75) is 39.3 Å². The van der Waals surface area contributed by atoms with Crippen LogP contribution in [0.25, 0.3) is 0 Å². The van der Waals surface area contributed by atoms with Crippen LogP contribution in [-0.2, 0) is 11.3 Å². The lowest BCUT2D eigenvalue weighted by molar-refractivity contribution is 0.0227. The van der Waals surface area contributed by atoms with Gasteiger partial charge >= 0.3 is 0 Å². The number of nitrogens with two attached hydrogens (primary N) is 1. The summed E-state index contributed by atoms with van der Waals surface area (Å²) in [6.07, 6.45) is 2.75. The number of amides is 1. The number of nitrogen functional groups attached to an aromatic ring is 1. The summed E-state index contributed by atoms with van der Waals surface area (Å²) in [6.45, 7) is 7.15. The molecule has 0 spiro atoms. The van der Waals surface area contributed by atoms with Gasteiger partial charge in [0.15, 0.2) is 0 Å². The normalized spacial score (nSPS) is 11.6. The number of rotatable bonds is 6. The van der Waals surface area contributed by atoms with E-state index in [9.17, 15) is 4.79 Å². The molecule has 0 aliphatic carbocycles. The van der Waals surface area contributed by atoms with Gasteiger partial charge in [-0.15, -0.1) is 0 Å². The number of aromatic nitrogens is 1. The first-order chi connectivity index (χ1) is 8.39. The summed E-state index contributed by atoms with van der Waals surface area (Å²) in [7, 11) is 1.63. The summed E-state index contributed by atoms with van der Waals surface area (Å²) in [5.74, 6) is -0.120. The molecule has 0 radical (unpaired) electrons. The van der Waals surface area contributed by atoms with Gasteiger partial charge in [-0.2, -0.15) is 0 Å². The first kappa shape index (κ1) is 14.6. The fourth-order valence-corrected chi connectivity index (χ4v) is 1.61. The number of carbonyl (C=O) groups is 1. The number of anilines is 1. The molecule has 0 unspecified atom stereocenters. The molecule has 5 heteroatoms. The molecule has 102 valence electrons. The van der Waals surface area contributed by atoms with Gasteiger partial charge in [0.05, 0.1) is 11.3 Å². The highest BCUT2D eigenvalue weighted by Gasteiger charge is 2.19. The Bertz CT molecular complexity index is 410. The number of aryl methyl sites for hydroxylation is 1. The predicted octanol–water partition coefficient (Wildman–Crippen LogP) is 1.64. The zero-order valence-corrected chi connectivity index (χ0v) is 11.6. The van der Waals surface area contributed by atoms with E-state index in [0.29, 0.717) is 17.9 Å². The van der Waals surface area contributed by atoms with E-state index >= 15 is 0 Å². The second-order valence-corrected chi connectivity index (χ2v) is 5.00. The second-order valence-electron chi connectivity index (χ2n) is 5.00. The van der Waals surface area contributed by atoms with E-state index in [0.717, 1.165) is 13.0 Å². The molecular weight excluding hydrogens is 230 g/mol. The Morgan fingerprint density at radius 2 is 2.22 bits per heavy atom. The fourth-order valence-electron chi connectivity index (χ4n) is 1.61. The number of nitrogens with zero attached hydrogens (tertiary/aromatic N) is 1. The van der Waals surface area contributed by atoms with Crippen molar-refractivity contribution in [2.24, 2.45) is 0 Å². The molecule has 0 saturated carbocycles. The van der Waals surface area contributed by atoms with Gasteiger partial charge in [0, 0.05) is 26.4 Å². The summed E-state index contributed by atoms with van der Waals surface area (Å²) in [5, 5.41) is 2.86. The highest BCUT2D eigenvalue weighted by molar-refractivity contribution is 5.93. The van der Waals surface area contributed by atoms with Crippen LogP contribution in [0.5, 0.6) is 0 Å². The maximum Gasteiger partial charge on any atom is 0.268 e. The van der Waals surface area contributed by atoms with Gasteiger partial charge in [-0.1, -0.05) is 6.92 Å². The predicted molar refractivity (Wildman–Crippen MR) is 72.6 cm³/mol. The average Bonchev–Trinajstić information content (AvgIpc) is 2.68. The van der Waals surface area contributed by atoms with Gasteiger partial charge < -0.3 is 20.4 Å². The third kappa shape index (κ3) is 3.77. The van der Waals surface area contributed by atoms with Crippen LogP contribution in [0.3, 0.4) is 0 Å². The van der Waals surface area contributed by atoms with Gasteiger partial charge in [-0.25, -0.2) is 0 Å². The fraction of sp³-hybridized carbons (Fsp3) is 0.615. The third-order valence-corrected chi connectivity index (χ3v) is 2.84. The highest BCUT2D eigenvalue weighted by atomic mass is 16.5. The van der Waals surface area contributed by atoms with E-state index in [1.807, 2.05) is 18.4 Å². The summed E-state index contributed by atoms with van der Waals surface area (Å²) in [5.41, 5.74) is 6.57. The highest BCUT2D eigenvalue weighted by Crippen LogP contribution is 2.12. The molecule has 1 aromatic heterocycles. The van der Waals surface area contributed by atoms with Gasteiger partial charge in [-0.05, 0) is 26.3 Å². The third-order valence-electron chi connectivity index (χ3n) is 2.84. The molecule has 1 rings (SSSR count). The summed E-state index contributed by atoms with van der Waals surface area (Å²) < 4.78 is 7.14. The summed E-state index contributed by atoms with van der Waals surface area (Å²) in [4.78, 5) is 12.1. The molecule has 0 bridgehead atoms. The minimum atomic E-state index is -0.372. The number of hydrogen-bond donors (Lipinski definition) is 2. The van der Waals surface area contributed by atoms with Crippen molar-refractivity contribution in [1.82, 2.24) is 9.88 Å². The first-order valence-electron chi connectivity index (χ1n) is 6.18. The lowest BCUT2D eigenvalue weighted by atomic mass is 10.1. The van der Waals surface area contributed by atoms with E-state index < -0.39 is 0 Å². The van der Waals surface area contributed by atoms with Crippen molar-refractivity contribution in [3.63, 3.8) is 0 Å². The van der Waals surface area contributed by atoms with Crippen LogP contribution in [0.15, 0.2) is 12.3 Å². The first-order valence-corrected chi connectivity index (χ1v) is 6.18. The Kier molecular flexibility index (Phi) is 4.78. The van der Waals surface area contributed by atoms with E-state index in [1.54, 1.807) is 19.4 Å². The topological polar surface area (TPSA) is 69.3 Å². The largest absolute Gasteiger partial charge is 0.397 e. The summed E-state index contributed by atoms with van der Waals surface area (Å²) in [6, 6.07) is 1.70. The lowest BCUT2D eigenvalue weighted by Gasteiger charge is -2.23. The van der Waals surface area contributed by atoms with Gasteiger partial charge in [-0.3, -0.25) is 4.79 Å². The molecule has 0 fully saturated rings. The summed E-state index contributed by atoms with van der Waals surface area (Å²) >= 11 is 0. The van der Waals surface area contributed by atoms with Gasteiger partial charge in [0.2, 0.25) is 0 Å². The van der Waals surface area contributed by atoms with Crippen LogP contribution in [0, 0.1) is 0 Å². The molecule has 0 aliphatic rings. The average molecular weight is 253 g/mol. The Balaban J connectivity index is 2.72. The number of carbonyl (C=O) groups excluding carboxylic acids is 1. The molecule has 0 aromatic carbocycles. The minimum absolute atomic E-state index is 0.120. The molecule has 3 N–H and O–H groups in total. The Morgan fingerprint density at radius 1 is 1.56 bits per heavy atom. The smallest absolute Gasteiger partial charge is 0.268 e. The van der Waals surface area contributed by atoms with Crippen LogP contribution in [0.4, 0.5) is 5.69 Å². The van der Waals surface area contributed by atoms with E-state index in [1.165, 1.54) is 0 Å². The molecule has 0 atom stereocenters. The van der Waals surface area contributed by atoms with Crippen molar-refractivity contribution in [2.75, 3.05) is 19.4 Å². The van der Waals surface area contributed by atoms with Crippen molar-refractivity contribution >= 4 is 11.6 Å². The second kappa shape index (κ2) is 5.91. The van der Waals surface area contributed by atoms with E-state index in [2.05, 4.69) is 12.2 Å². The molecule has 1 heterocycles. The number of hydrogen-bond acceptors (Lipinski definition) is 3. The molecule has 5 nitrogen and oxygen atoms in total. The zero-order chi connectivity index (χ0) is 13.8. The molecule has 0 saturated heterocycles. The Hall–Kier alpha value is -1.49. The van der Waals surface area contributed by atoms with Crippen LogP contribution >= 0.6 is 0 Å².